The van der Waals surface area contributed by atoms with E-state index in [9.17, 15) is 4.79 Å². The van der Waals surface area contributed by atoms with Gasteiger partial charge in [-0.25, -0.2) is 0 Å². The third-order valence-electron chi connectivity index (χ3n) is 3.98. The summed E-state index contributed by atoms with van der Waals surface area (Å²) in [4.78, 5) is 13.8. The van der Waals surface area contributed by atoms with Gasteiger partial charge in [-0.1, -0.05) is 0 Å². The molecule has 1 aromatic heterocycles. The lowest BCUT2D eigenvalue weighted by Gasteiger charge is -2.31. The van der Waals surface area contributed by atoms with Crippen LogP contribution in [0.1, 0.15) is 31.2 Å². The van der Waals surface area contributed by atoms with E-state index in [2.05, 4.69) is 33.0 Å². The molecule has 112 valence electrons. The average Bonchev–Trinajstić information content (AvgIpc) is 2.70. The maximum atomic E-state index is 11.6. The number of hydrogen-bond acceptors (Lipinski definition) is 3. The Morgan fingerprint density at radius 3 is 2.65 bits per heavy atom. The second kappa shape index (κ2) is 6.88. The highest BCUT2D eigenvalue weighted by molar-refractivity contribution is 5.77. The molecule has 0 radical (unpaired) electrons. The monoisotopic (exact) mass is 278 g/mol. The van der Waals surface area contributed by atoms with E-state index in [0.717, 1.165) is 38.2 Å². The van der Waals surface area contributed by atoms with E-state index < -0.39 is 0 Å². The van der Waals surface area contributed by atoms with Gasteiger partial charge in [-0.05, 0) is 58.7 Å². The van der Waals surface area contributed by atoms with Crippen LogP contribution in [0.5, 0.6) is 0 Å². The van der Waals surface area contributed by atoms with Crippen molar-refractivity contribution in [1.29, 1.82) is 0 Å². The van der Waals surface area contributed by atoms with Crippen LogP contribution in [0.25, 0.3) is 0 Å². The first kappa shape index (κ1) is 15.0. The number of nitrogens with one attached hydrogen (secondary N) is 1. The summed E-state index contributed by atoms with van der Waals surface area (Å²) in [6, 6.07) is 2.13. The molecule has 0 atom stereocenters. The summed E-state index contributed by atoms with van der Waals surface area (Å²) >= 11 is 0. The minimum atomic E-state index is 0.143. The topological polar surface area (TPSA) is 50.2 Å². The molecule has 0 aliphatic carbocycles. The molecule has 5 nitrogen and oxygen atoms in total. The van der Waals surface area contributed by atoms with Gasteiger partial charge in [-0.15, -0.1) is 0 Å². The van der Waals surface area contributed by atoms with Crippen molar-refractivity contribution in [2.75, 3.05) is 26.2 Å². The Morgan fingerprint density at radius 1 is 1.40 bits per heavy atom. The fourth-order valence-corrected chi connectivity index (χ4v) is 2.89. The van der Waals surface area contributed by atoms with E-state index in [0.29, 0.717) is 19.0 Å². The summed E-state index contributed by atoms with van der Waals surface area (Å²) in [5.41, 5.74) is 2.34. The van der Waals surface area contributed by atoms with Gasteiger partial charge >= 0.3 is 0 Å². The second-order valence-electron chi connectivity index (χ2n) is 5.78. The Morgan fingerprint density at radius 2 is 2.10 bits per heavy atom. The molecule has 1 saturated heterocycles. The zero-order valence-corrected chi connectivity index (χ0v) is 12.9. The summed E-state index contributed by atoms with van der Waals surface area (Å²) in [6.45, 7) is 10.4. The second-order valence-corrected chi connectivity index (χ2v) is 5.78. The molecular weight excluding hydrogens is 252 g/mol. The van der Waals surface area contributed by atoms with Crippen molar-refractivity contribution in [1.82, 2.24) is 20.0 Å². The molecule has 2 rings (SSSR count). The Bertz CT molecular complexity index is 447. The van der Waals surface area contributed by atoms with Crippen molar-refractivity contribution in [3.05, 3.63) is 17.5 Å². The van der Waals surface area contributed by atoms with Crippen molar-refractivity contribution in [3.63, 3.8) is 0 Å². The highest BCUT2D eigenvalue weighted by Gasteiger charge is 2.21. The Balaban J connectivity index is 1.77. The van der Waals surface area contributed by atoms with E-state index in [1.54, 1.807) is 0 Å². The molecule has 1 amide bonds. The molecule has 1 N–H and O–H groups in total. The fraction of sp³-hybridized carbons (Fsp3) is 0.733. The van der Waals surface area contributed by atoms with Crippen LogP contribution >= 0.6 is 0 Å². The molecule has 0 unspecified atom stereocenters. The SMILES string of the molecule is CCNC(=O)CN1CCC(Cn2nc(C)cc2C)CC1. The molecule has 0 bridgehead atoms. The van der Waals surface area contributed by atoms with E-state index in [4.69, 9.17) is 0 Å². The molecule has 0 aromatic carbocycles. The van der Waals surface area contributed by atoms with Crippen LogP contribution in [-0.4, -0.2) is 46.8 Å². The van der Waals surface area contributed by atoms with Crippen molar-refractivity contribution in [2.24, 2.45) is 5.92 Å². The molecule has 1 aliphatic rings. The van der Waals surface area contributed by atoms with Crippen molar-refractivity contribution in [2.45, 2.75) is 40.2 Å². The van der Waals surface area contributed by atoms with Crippen molar-refractivity contribution in [3.8, 4) is 0 Å². The Hall–Kier alpha value is -1.36. The number of amides is 1. The minimum Gasteiger partial charge on any atom is -0.355 e. The molecule has 2 heterocycles. The van der Waals surface area contributed by atoms with Crippen LogP contribution in [0.4, 0.5) is 0 Å². The number of nitrogens with zero attached hydrogens (tertiary/aromatic N) is 3. The number of carbonyl (C=O) groups excluding carboxylic acids is 1. The van der Waals surface area contributed by atoms with E-state index >= 15 is 0 Å². The third kappa shape index (κ3) is 4.07. The largest absolute Gasteiger partial charge is 0.355 e. The molecule has 1 fully saturated rings. The number of piperidine rings is 1. The quantitative estimate of drug-likeness (QED) is 0.884. The summed E-state index contributed by atoms with van der Waals surface area (Å²) in [5.74, 6) is 0.822. The smallest absolute Gasteiger partial charge is 0.234 e. The van der Waals surface area contributed by atoms with Gasteiger partial charge in [0.05, 0.1) is 12.2 Å². The lowest BCUT2D eigenvalue weighted by atomic mass is 9.97. The number of likely N-dealkylation sites (tertiary alicyclic amines) is 1. The van der Waals surface area contributed by atoms with Gasteiger partial charge in [0.1, 0.15) is 0 Å². The van der Waals surface area contributed by atoms with Gasteiger partial charge in [-0.2, -0.15) is 5.10 Å². The van der Waals surface area contributed by atoms with Gasteiger partial charge in [0, 0.05) is 18.8 Å². The predicted molar refractivity (Wildman–Crippen MR) is 79.5 cm³/mol. The summed E-state index contributed by atoms with van der Waals surface area (Å²) in [7, 11) is 0. The number of likely N-dealkylation sites (N-methyl/N-ethyl adjacent to an activating group) is 1. The van der Waals surface area contributed by atoms with Gasteiger partial charge < -0.3 is 5.32 Å². The molecule has 1 aromatic rings. The van der Waals surface area contributed by atoms with Crippen LogP contribution in [0.15, 0.2) is 6.07 Å². The normalized spacial score (nSPS) is 17.4. The van der Waals surface area contributed by atoms with Gasteiger partial charge in [0.15, 0.2) is 0 Å². The first-order valence-electron chi connectivity index (χ1n) is 7.58. The lowest BCUT2D eigenvalue weighted by molar-refractivity contribution is -0.122. The molecule has 0 spiro atoms. The van der Waals surface area contributed by atoms with Gasteiger partial charge in [-0.3, -0.25) is 14.4 Å². The maximum Gasteiger partial charge on any atom is 0.234 e. The van der Waals surface area contributed by atoms with Crippen LogP contribution in [0, 0.1) is 19.8 Å². The Kier molecular flexibility index (Phi) is 5.17. The number of rotatable bonds is 5. The predicted octanol–water partition coefficient (Wildman–Crippen LogP) is 1.35. The Labute approximate surface area is 121 Å². The number of hydrogen-bond donors (Lipinski definition) is 1. The lowest BCUT2D eigenvalue weighted by Crippen LogP contribution is -2.42. The highest BCUT2D eigenvalue weighted by Crippen LogP contribution is 2.19. The van der Waals surface area contributed by atoms with E-state index in [1.165, 1.54) is 5.69 Å². The molecule has 1 aliphatic heterocycles. The number of aromatic nitrogens is 2. The van der Waals surface area contributed by atoms with E-state index in [1.807, 2.05) is 13.8 Å². The number of aryl methyl sites for hydroxylation is 2. The molecule has 20 heavy (non-hydrogen) atoms. The summed E-state index contributed by atoms with van der Waals surface area (Å²) in [5, 5.41) is 7.39. The van der Waals surface area contributed by atoms with Crippen LogP contribution < -0.4 is 5.32 Å². The molecular formula is C15H26N4O. The highest BCUT2D eigenvalue weighted by atomic mass is 16.2. The van der Waals surface area contributed by atoms with Crippen LogP contribution in [0.3, 0.4) is 0 Å². The van der Waals surface area contributed by atoms with Crippen molar-refractivity contribution < 1.29 is 4.79 Å². The zero-order chi connectivity index (χ0) is 14.5. The first-order chi connectivity index (χ1) is 9.58. The first-order valence-corrected chi connectivity index (χ1v) is 7.58. The van der Waals surface area contributed by atoms with Crippen molar-refractivity contribution >= 4 is 5.91 Å². The fourth-order valence-electron chi connectivity index (χ4n) is 2.89. The van der Waals surface area contributed by atoms with Crippen LogP contribution in [-0.2, 0) is 11.3 Å². The zero-order valence-electron chi connectivity index (χ0n) is 12.9. The maximum absolute atomic E-state index is 11.6. The molecule has 0 saturated carbocycles. The standard InChI is InChI=1S/C15H26N4O/c1-4-16-15(20)11-18-7-5-14(6-8-18)10-19-13(3)9-12(2)17-19/h9,14H,4-8,10-11H2,1-3H3,(H,16,20). The minimum absolute atomic E-state index is 0.143. The van der Waals surface area contributed by atoms with Gasteiger partial charge in [0.25, 0.3) is 0 Å². The summed E-state index contributed by atoms with van der Waals surface area (Å²) in [6.07, 6.45) is 2.30. The van der Waals surface area contributed by atoms with E-state index in [-0.39, 0.29) is 5.91 Å². The number of carbonyl (C=O) groups is 1. The summed E-state index contributed by atoms with van der Waals surface area (Å²) < 4.78 is 2.12. The third-order valence-corrected chi connectivity index (χ3v) is 3.98. The van der Waals surface area contributed by atoms with Gasteiger partial charge in [0.2, 0.25) is 5.91 Å². The van der Waals surface area contributed by atoms with Crippen LogP contribution in [0.2, 0.25) is 0 Å². The molecule has 5 heteroatoms. The average molecular weight is 278 g/mol.